The average molecular weight is 350 g/mol. The van der Waals surface area contributed by atoms with Crippen LogP contribution >= 0.6 is 0 Å². The van der Waals surface area contributed by atoms with Crippen molar-refractivity contribution in [1.29, 1.82) is 0 Å². The molecule has 1 amide bonds. The van der Waals surface area contributed by atoms with Crippen LogP contribution in [0.25, 0.3) is 11.6 Å². The maximum absolute atomic E-state index is 12.6. The van der Waals surface area contributed by atoms with Gasteiger partial charge in [-0.2, -0.15) is 4.98 Å². The normalized spacial score (nSPS) is 19.8. The molecule has 2 aromatic heterocycles. The Kier molecular flexibility index (Phi) is 3.55. The van der Waals surface area contributed by atoms with Gasteiger partial charge in [0.2, 0.25) is 0 Å². The largest absolute Gasteiger partial charge is 0.336 e. The van der Waals surface area contributed by atoms with E-state index in [0.717, 1.165) is 25.1 Å². The van der Waals surface area contributed by atoms with E-state index < -0.39 is 0 Å². The zero-order chi connectivity index (χ0) is 17.5. The van der Waals surface area contributed by atoms with E-state index in [9.17, 15) is 4.79 Å². The van der Waals surface area contributed by atoms with Crippen LogP contribution in [0.4, 0.5) is 0 Å². The number of carbonyl (C=O) groups excluding carboxylic acids is 1. The second-order valence-corrected chi connectivity index (χ2v) is 6.88. The van der Waals surface area contributed by atoms with Crippen molar-refractivity contribution in [2.75, 3.05) is 13.1 Å². The van der Waals surface area contributed by atoms with Gasteiger partial charge < -0.3 is 9.42 Å². The highest BCUT2D eigenvalue weighted by atomic mass is 16.5. The SMILES string of the molecule is O=C(c1ccccc1)N1CCC(n2cc(-c3nc(C4CC4)no3)nn2)C1. The third-order valence-electron chi connectivity index (χ3n) is 4.96. The summed E-state index contributed by atoms with van der Waals surface area (Å²) in [6.45, 7) is 1.33. The highest BCUT2D eigenvalue weighted by molar-refractivity contribution is 5.94. The summed E-state index contributed by atoms with van der Waals surface area (Å²) in [6, 6.07) is 9.46. The van der Waals surface area contributed by atoms with Gasteiger partial charge in [-0.3, -0.25) is 4.79 Å². The summed E-state index contributed by atoms with van der Waals surface area (Å²) in [5.74, 6) is 1.66. The third kappa shape index (κ3) is 2.77. The Morgan fingerprint density at radius 2 is 2.00 bits per heavy atom. The fourth-order valence-electron chi connectivity index (χ4n) is 3.30. The molecule has 8 nitrogen and oxygen atoms in total. The van der Waals surface area contributed by atoms with Crippen LogP contribution in [0.3, 0.4) is 0 Å². The first-order valence-electron chi connectivity index (χ1n) is 8.88. The number of carbonyl (C=O) groups is 1. The molecule has 1 atom stereocenters. The molecule has 5 rings (SSSR count). The Hall–Kier alpha value is -3.03. The molecule has 3 aromatic rings. The van der Waals surface area contributed by atoms with Crippen LogP contribution in [-0.2, 0) is 0 Å². The van der Waals surface area contributed by atoms with Crippen LogP contribution in [0, 0.1) is 0 Å². The van der Waals surface area contributed by atoms with E-state index in [1.54, 1.807) is 4.68 Å². The molecule has 1 aliphatic heterocycles. The first kappa shape index (κ1) is 15.2. The Morgan fingerprint density at radius 1 is 1.15 bits per heavy atom. The average Bonchev–Trinajstić information content (AvgIpc) is 3.11. The van der Waals surface area contributed by atoms with E-state index in [-0.39, 0.29) is 11.9 Å². The zero-order valence-corrected chi connectivity index (χ0v) is 14.2. The number of benzene rings is 1. The van der Waals surface area contributed by atoms with Crippen LogP contribution < -0.4 is 0 Å². The van der Waals surface area contributed by atoms with Crippen molar-refractivity contribution in [2.24, 2.45) is 0 Å². The van der Waals surface area contributed by atoms with Gasteiger partial charge in [-0.05, 0) is 31.4 Å². The van der Waals surface area contributed by atoms with Gasteiger partial charge in [0, 0.05) is 24.6 Å². The molecule has 2 fully saturated rings. The van der Waals surface area contributed by atoms with E-state index in [2.05, 4.69) is 20.5 Å². The van der Waals surface area contributed by atoms with Crippen LogP contribution in [0.15, 0.2) is 41.1 Å². The number of hydrogen-bond acceptors (Lipinski definition) is 6. The van der Waals surface area contributed by atoms with Gasteiger partial charge in [0.1, 0.15) is 0 Å². The number of rotatable bonds is 4. The maximum atomic E-state index is 12.6. The van der Waals surface area contributed by atoms with Crippen molar-refractivity contribution in [2.45, 2.75) is 31.2 Å². The minimum Gasteiger partial charge on any atom is -0.336 e. The van der Waals surface area contributed by atoms with E-state index in [0.29, 0.717) is 36.2 Å². The predicted octanol–water partition coefficient (Wildman–Crippen LogP) is 2.29. The molecule has 1 saturated carbocycles. The van der Waals surface area contributed by atoms with Crippen molar-refractivity contribution >= 4 is 5.91 Å². The molecule has 2 aliphatic rings. The fraction of sp³-hybridized carbons (Fsp3) is 0.389. The van der Waals surface area contributed by atoms with Crippen molar-refractivity contribution in [1.82, 2.24) is 30.0 Å². The molecular formula is C18H18N6O2. The molecule has 3 heterocycles. The Morgan fingerprint density at radius 3 is 2.81 bits per heavy atom. The van der Waals surface area contributed by atoms with Gasteiger partial charge in [0.05, 0.1) is 12.2 Å². The van der Waals surface area contributed by atoms with Crippen LogP contribution in [0.1, 0.15) is 47.4 Å². The highest BCUT2D eigenvalue weighted by Crippen LogP contribution is 2.38. The first-order valence-corrected chi connectivity index (χ1v) is 8.88. The monoisotopic (exact) mass is 350 g/mol. The number of nitrogens with zero attached hydrogens (tertiary/aromatic N) is 6. The summed E-state index contributed by atoms with van der Waals surface area (Å²) in [7, 11) is 0. The summed E-state index contributed by atoms with van der Waals surface area (Å²) < 4.78 is 7.10. The lowest BCUT2D eigenvalue weighted by Gasteiger charge is -2.16. The van der Waals surface area contributed by atoms with E-state index in [4.69, 9.17) is 4.52 Å². The predicted molar refractivity (Wildman–Crippen MR) is 91.3 cm³/mol. The molecule has 1 aromatic carbocycles. The molecule has 132 valence electrons. The molecule has 0 radical (unpaired) electrons. The van der Waals surface area contributed by atoms with E-state index >= 15 is 0 Å². The molecule has 1 aliphatic carbocycles. The minimum absolute atomic E-state index is 0.0550. The Bertz CT molecular complexity index is 930. The van der Waals surface area contributed by atoms with Gasteiger partial charge in [0.25, 0.3) is 11.8 Å². The second-order valence-electron chi connectivity index (χ2n) is 6.88. The second kappa shape index (κ2) is 6.05. The summed E-state index contributed by atoms with van der Waals surface area (Å²) in [5, 5.41) is 12.4. The first-order chi connectivity index (χ1) is 12.8. The van der Waals surface area contributed by atoms with Crippen molar-refractivity contribution in [3.63, 3.8) is 0 Å². The van der Waals surface area contributed by atoms with Crippen LogP contribution in [0.5, 0.6) is 0 Å². The fourth-order valence-corrected chi connectivity index (χ4v) is 3.30. The quantitative estimate of drug-likeness (QED) is 0.717. The molecule has 26 heavy (non-hydrogen) atoms. The van der Waals surface area contributed by atoms with Crippen molar-refractivity contribution in [3.8, 4) is 11.6 Å². The van der Waals surface area contributed by atoms with Gasteiger partial charge in [-0.25, -0.2) is 4.68 Å². The van der Waals surface area contributed by atoms with E-state index in [1.165, 1.54) is 0 Å². The maximum Gasteiger partial charge on any atom is 0.280 e. The van der Waals surface area contributed by atoms with Gasteiger partial charge >= 0.3 is 0 Å². The molecule has 0 spiro atoms. The summed E-state index contributed by atoms with van der Waals surface area (Å²) in [5.41, 5.74) is 1.29. The topological polar surface area (TPSA) is 89.9 Å². The third-order valence-corrected chi connectivity index (χ3v) is 4.96. The molecule has 1 unspecified atom stereocenters. The lowest BCUT2D eigenvalue weighted by atomic mass is 10.2. The number of likely N-dealkylation sites (tertiary alicyclic amines) is 1. The van der Waals surface area contributed by atoms with Crippen LogP contribution in [-0.4, -0.2) is 49.0 Å². The van der Waals surface area contributed by atoms with Gasteiger partial charge in [0.15, 0.2) is 11.5 Å². The van der Waals surface area contributed by atoms with Crippen LogP contribution in [0.2, 0.25) is 0 Å². The molecule has 8 heteroatoms. The Labute approximate surface area is 149 Å². The molecular weight excluding hydrogens is 332 g/mol. The number of aromatic nitrogens is 5. The summed E-state index contributed by atoms with van der Waals surface area (Å²) in [4.78, 5) is 18.8. The van der Waals surface area contributed by atoms with Crippen molar-refractivity contribution in [3.05, 3.63) is 47.9 Å². The summed E-state index contributed by atoms with van der Waals surface area (Å²) in [6.07, 6.45) is 4.92. The lowest BCUT2D eigenvalue weighted by molar-refractivity contribution is 0.0787. The van der Waals surface area contributed by atoms with E-state index in [1.807, 2.05) is 41.4 Å². The smallest absolute Gasteiger partial charge is 0.280 e. The molecule has 1 saturated heterocycles. The van der Waals surface area contributed by atoms with Gasteiger partial charge in [-0.15, -0.1) is 5.10 Å². The standard InChI is InChI=1S/C18H18N6O2/c25-18(13-4-2-1-3-5-13)23-9-8-14(10-23)24-11-15(20-22-24)17-19-16(21-26-17)12-6-7-12/h1-5,11-12,14H,6-10H2. The lowest BCUT2D eigenvalue weighted by Crippen LogP contribution is -2.29. The highest BCUT2D eigenvalue weighted by Gasteiger charge is 2.31. The number of hydrogen-bond donors (Lipinski definition) is 0. The molecule has 0 bridgehead atoms. The minimum atomic E-state index is 0.0550. The molecule has 0 N–H and O–H groups in total. The van der Waals surface area contributed by atoms with Gasteiger partial charge in [-0.1, -0.05) is 28.6 Å². The summed E-state index contributed by atoms with van der Waals surface area (Å²) >= 11 is 0. The number of amides is 1. The van der Waals surface area contributed by atoms with Crippen molar-refractivity contribution < 1.29 is 9.32 Å². The Balaban J connectivity index is 1.29. The zero-order valence-electron chi connectivity index (χ0n) is 14.2.